The number of hydrogen-bond donors (Lipinski definition) is 1. The van der Waals surface area contributed by atoms with Crippen molar-refractivity contribution in [2.75, 3.05) is 26.3 Å². The quantitative estimate of drug-likeness (QED) is 0.559. The Hall–Kier alpha value is -0.120. The monoisotopic (exact) mass is 177 g/mol. The highest BCUT2D eigenvalue weighted by molar-refractivity contribution is 5.85. The molecule has 0 saturated carbocycles. The lowest BCUT2D eigenvalue weighted by atomic mass is 9.88. The first-order valence-corrected chi connectivity index (χ1v) is 3.70. The largest absolute Gasteiger partial charge is 0.380 e. The Morgan fingerprint density at radius 2 is 1.82 bits per heavy atom. The van der Waals surface area contributed by atoms with Crippen LogP contribution in [0.1, 0.15) is 0 Å². The first-order valence-electron chi connectivity index (χ1n) is 3.70. The van der Waals surface area contributed by atoms with Crippen LogP contribution in [0.5, 0.6) is 0 Å². The minimum atomic E-state index is 0. The van der Waals surface area contributed by atoms with Crippen molar-refractivity contribution in [3.63, 3.8) is 0 Å². The van der Waals surface area contributed by atoms with Crippen LogP contribution in [-0.4, -0.2) is 32.1 Å². The first-order chi connectivity index (χ1) is 4.88. The number of hydrogen-bond acceptors (Lipinski definition) is 3. The molecule has 2 aliphatic rings. The first kappa shape index (κ1) is 8.97. The second kappa shape index (κ2) is 3.52. The van der Waals surface area contributed by atoms with Gasteiger partial charge in [0.25, 0.3) is 0 Å². The number of ketones is 1. The second-order valence-corrected chi connectivity index (χ2v) is 2.99. The maximum Gasteiger partial charge on any atom is 0.146 e. The second-order valence-electron chi connectivity index (χ2n) is 2.99. The van der Waals surface area contributed by atoms with Crippen LogP contribution in [0.4, 0.5) is 0 Å². The molecule has 0 amide bonds. The van der Waals surface area contributed by atoms with Gasteiger partial charge in [0.1, 0.15) is 5.78 Å². The molecular weight excluding hydrogens is 166 g/mol. The Kier molecular flexibility index (Phi) is 2.87. The van der Waals surface area contributed by atoms with Crippen LogP contribution in [0.2, 0.25) is 0 Å². The van der Waals surface area contributed by atoms with Crippen LogP contribution in [-0.2, 0) is 9.53 Å². The molecule has 2 atom stereocenters. The average molecular weight is 178 g/mol. The molecule has 2 saturated heterocycles. The summed E-state index contributed by atoms with van der Waals surface area (Å²) >= 11 is 0. The van der Waals surface area contributed by atoms with Gasteiger partial charge in [-0.25, -0.2) is 0 Å². The zero-order chi connectivity index (χ0) is 6.97. The third kappa shape index (κ3) is 1.55. The summed E-state index contributed by atoms with van der Waals surface area (Å²) in [6.45, 7) is 2.88. The van der Waals surface area contributed by atoms with E-state index in [4.69, 9.17) is 4.74 Å². The summed E-state index contributed by atoms with van der Waals surface area (Å²) in [4.78, 5) is 11.3. The topological polar surface area (TPSA) is 38.3 Å². The Morgan fingerprint density at radius 3 is 2.27 bits per heavy atom. The van der Waals surface area contributed by atoms with Crippen LogP contribution >= 0.6 is 12.4 Å². The van der Waals surface area contributed by atoms with Gasteiger partial charge in [-0.05, 0) is 0 Å². The number of Topliss-reactive ketones (excluding diaryl/α,β-unsaturated/α-hetero) is 1. The summed E-state index contributed by atoms with van der Waals surface area (Å²) < 4.78 is 5.25. The highest BCUT2D eigenvalue weighted by atomic mass is 35.5. The summed E-state index contributed by atoms with van der Waals surface area (Å²) in [6.07, 6.45) is 0. The number of ether oxygens (including phenoxy) is 1. The zero-order valence-corrected chi connectivity index (χ0v) is 7.02. The van der Waals surface area contributed by atoms with Gasteiger partial charge in [-0.15, -0.1) is 12.4 Å². The van der Waals surface area contributed by atoms with Gasteiger partial charge in [-0.1, -0.05) is 0 Å². The van der Waals surface area contributed by atoms with Gasteiger partial charge in [0.2, 0.25) is 0 Å². The van der Waals surface area contributed by atoms with Crippen molar-refractivity contribution < 1.29 is 9.53 Å². The van der Waals surface area contributed by atoms with Crippen molar-refractivity contribution in [3.8, 4) is 0 Å². The number of nitrogens with one attached hydrogen (secondary N) is 1. The van der Waals surface area contributed by atoms with Crippen molar-refractivity contribution in [3.05, 3.63) is 0 Å². The van der Waals surface area contributed by atoms with Crippen LogP contribution in [0, 0.1) is 11.8 Å². The van der Waals surface area contributed by atoms with Gasteiger partial charge in [0, 0.05) is 13.1 Å². The van der Waals surface area contributed by atoms with Gasteiger partial charge >= 0.3 is 0 Å². The molecule has 3 nitrogen and oxygen atoms in total. The molecule has 11 heavy (non-hydrogen) atoms. The molecule has 2 rings (SSSR count). The van der Waals surface area contributed by atoms with Crippen molar-refractivity contribution >= 4 is 18.2 Å². The smallest absolute Gasteiger partial charge is 0.146 e. The average Bonchev–Trinajstić information content (AvgIpc) is 1.86. The minimum Gasteiger partial charge on any atom is -0.380 e. The zero-order valence-electron chi connectivity index (χ0n) is 6.21. The molecule has 0 unspecified atom stereocenters. The SMILES string of the molecule is Cl.O=C1[C@@H]2CNC[C@H]1COC2. The van der Waals surface area contributed by atoms with E-state index >= 15 is 0 Å². The summed E-state index contributed by atoms with van der Waals surface area (Å²) in [5, 5.41) is 3.22. The molecular formula is C7H12ClNO2. The van der Waals surface area contributed by atoms with Gasteiger partial charge in [-0.3, -0.25) is 4.79 Å². The molecule has 0 spiro atoms. The Labute approximate surface area is 71.9 Å². The molecule has 1 N–H and O–H groups in total. The highest BCUT2D eigenvalue weighted by Crippen LogP contribution is 2.17. The van der Waals surface area contributed by atoms with E-state index in [-0.39, 0.29) is 24.2 Å². The fourth-order valence-electron chi connectivity index (χ4n) is 1.60. The normalized spacial score (nSPS) is 36.2. The van der Waals surface area contributed by atoms with E-state index in [2.05, 4.69) is 5.32 Å². The van der Waals surface area contributed by atoms with E-state index < -0.39 is 0 Å². The van der Waals surface area contributed by atoms with Crippen LogP contribution in [0.3, 0.4) is 0 Å². The molecule has 0 aromatic rings. The number of rotatable bonds is 0. The molecule has 2 bridgehead atoms. The minimum absolute atomic E-state index is 0. The van der Waals surface area contributed by atoms with E-state index in [0.29, 0.717) is 19.0 Å². The summed E-state index contributed by atoms with van der Waals surface area (Å²) in [7, 11) is 0. The number of carbonyl (C=O) groups excluding carboxylic acids is 1. The van der Waals surface area contributed by atoms with Gasteiger partial charge in [0.05, 0.1) is 25.0 Å². The van der Waals surface area contributed by atoms with Crippen molar-refractivity contribution in [1.82, 2.24) is 5.32 Å². The maximum atomic E-state index is 11.3. The molecule has 2 fully saturated rings. The number of piperidine rings is 1. The Morgan fingerprint density at radius 1 is 1.27 bits per heavy atom. The summed E-state index contributed by atoms with van der Waals surface area (Å²) in [5.41, 5.74) is 0. The number of fused-ring (bicyclic) bond motifs is 2. The van der Waals surface area contributed by atoms with Gasteiger partial charge in [0.15, 0.2) is 0 Å². The summed E-state index contributed by atoms with van der Waals surface area (Å²) in [5.74, 6) is 0.699. The van der Waals surface area contributed by atoms with Crippen LogP contribution in [0.15, 0.2) is 0 Å². The van der Waals surface area contributed by atoms with E-state index in [0.717, 1.165) is 13.1 Å². The van der Waals surface area contributed by atoms with Gasteiger partial charge in [-0.2, -0.15) is 0 Å². The van der Waals surface area contributed by atoms with Crippen LogP contribution < -0.4 is 5.32 Å². The van der Waals surface area contributed by atoms with Crippen molar-refractivity contribution in [2.45, 2.75) is 0 Å². The lowest BCUT2D eigenvalue weighted by molar-refractivity contribution is -0.139. The van der Waals surface area contributed by atoms with E-state index in [1.54, 1.807) is 0 Å². The lowest BCUT2D eigenvalue weighted by Gasteiger charge is -2.33. The van der Waals surface area contributed by atoms with Crippen LogP contribution in [0.25, 0.3) is 0 Å². The molecule has 0 aliphatic carbocycles. The van der Waals surface area contributed by atoms with E-state index in [1.165, 1.54) is 0 Å². The summed E-state index contributed by atoms with van der Waals surface area (Å²) in [6, 6.07) is 0. The van der Waals surface area contributed by atoms with Gasteiger partial charge < -0.3 is 10.1 Å². The molecule has 2 aliphatic heterocycles. The highest BCUT2D eigenvalue weighted by Gasteiger charge is 2.34. The molecule has 0 aromatic heterocycles. The van der Waals surface area contributed by atoms with E-state index in [1.807, 2.05) is 0 Å². The molecule has 0 aromatic carbocycles. The fraction of sp³-hybridized carbons (Fsp3) is 0.857. The predicted molar refractivity (Wildman–Crippen MR) is 42.9 cm³/mol. The van der Waals surface area contributed by atoms with Crippen molar-refractivity contribution in [2.24, 2.45) is 11.8 Å². The van der Waals surface area contributed by atoms with E-state index in [9.17, 15) is 4.79 Å². The maximum absolute atomic E-state index is 11.3. The third-order valence-corrected chi connectivity index (χ3v) is 2.22. The molecule has 64 valence electrons. The lowest BCUT2D eigenvalue weighted by Crippen LogP contribution is -2.51. The molecule has 2 heterocycles. The molecule has 4 heteroatoms. The number of halogens is 1. The predicted octanol–water partition coefficient (Wildman–Crippen LogP) is -0.157. The Balaban J connectivity index is 0.000000605. The standard InChI is InChI=1S/C7H11NO2.ClH/c9-7-5-1-8-2-6(7)4-10-3-5;/h5-6,8H,1-4H2;1H/t5-,6+;. The number of carbonyl (C=O) groups is 1. The third-order valence-electron chi connectivity index (χ3n) is 2.22. The Bertz CT molecular complexity index is 139. The molecule has 0 radical (unpaired) electrons. The fourth-order valence-corrected chi connectivity index (χ4v) is 1.60. The van der Waals surface area contributed by atoms with Crippen molar-refractivity contribution in [1.29, 1.82) is 0 Å².